The van der Waals surface area contributed by atoms with E-state index in [2.05, 4.69) is 28.8 Å². The summed E-state index contributed by atoms with van der Waals surface area (Å²) in [5.41, 5.74) is 2.43. The fourth-order valence-electron chi connectivity index (χ4n) is 1.88. The van der Waals surface area contributed by atoms with Crippen LogP contribution in [0.1, 0.15) is 25.1 Å². The lowest BCUT2D eigenvalue weighted by molar-refractivity contribution is 0.633. The van der Waals surface area contributed by atoms with Crippen molar-refractivity contribution in [2.75, 3.05) is 0 Å². The lowest BCUT2D eigenvalue weighted by atomic mass is 10.1. The van der Waals surface area contributed by atoms with Crippen molar-refractivity contribution in [3.8, 4) is 11.5 Å². The highest BCUT2D eigenvalue weighted by molar-refractivity contribution is 5.53. The second-order valence-corrected chi connectivity index (χ2v) is 4.85. The van der Waals surface area contributed by atoms with Gasteiger partial charge in [-0.15, -0.1) is 0 Å². The minimum Gasteiger partial charge on any atom is -0.305 e. The maximum absolute atomic E-state index is 11.7. The molecule has 18 heavy (non-hydrogen) atoms. The van der Waals surface area contributed by atoms with Gasteiger partial charge in [-0.2, -0.15) is 0 Å². The Morgan fingerprint density at radius 2 is 2.17 bits per heavy atom. The van der Waals surface area contributed by atoms with Crippen LogP contribution >= 0.6 is 0 Å². The number of hydrogen-bond acceptors (Lipinski definition) is 3. The molecule has 2 heterocycles. The zero-order valence-electron chi connectivity index (χ0n) is 10.9. The van der Waals surface area contributed by atoms with Gasteiger partial charge in [-0.3, -0.25) is 9.78 Å². The molecule has 0 bridgehead atoms. The Kier molecular flexibility index (Phi) is 3.55. The van der Waals surface area contributed by atoms with E-state index in [9.17, 15) is 4.79 Å². The molecule has 0 aliphatic carbocycles. The van der Waals surface area contributed by atoms with Crippen LogP contribution in [0, 0.1) is 12.8 Å². The smallest absolute Gasteiger partial charge is 0.251 e. The van der Waals surface area contributed by atoms with Gasteiger partial charge in [-0.25, -0.2) is 4.98 Å². The lowest BCUT2D eigenvalue weighted by Crippen LogP contribution is -2.12. The van der Waals surface area contributed by atoms with E-state index in [0.29, 0.717) is 11.7 Å². The molecular weight excluding hydrogens is 226 g/mol. The van der Waals surface area contributed by atoms with Crippen LogP contribution in [0.15, 0.2) is 29.2 Å². The summed E-state index contributed by atoms with van der Waals surface area (Å²) in [6.07, 6.45) is 2.50. The van der Waals surface area contributed by atoms with Crippen molar-refractivity contribution in [3.63, 3.8) is 0 Å². The molecule has 0 aliphatic heterocycles. The number of H-pyrrole nitrogens is 1. The molecule has 0 saturated carbocycles. The molecule has 0 saturated heterocycles. The van der Waals surface area contributed by atoms with Gasteiger partial charge in [0.2, 0.25) is 0 Å². The summed E-state index contributed by atoms with van der Waals surface area (Å²) in [7, 11) is 0. The van der Waals surface area contributed by atoms with E-state index in [1.807, 2.05) is 19.1 Å². The van der Waals surface area contributed by atoms with E-state index in [1.54, 1.807) is 12.3 Å². The summed E-state index contributed by atoms with van der Waals surface area (Å²) < 4.78 is 0. The van der Waals surface area contributed by atoms with Gasteiger partial charge in [0, 0.05) is 18.0 Å². The first kappa shape index (κ1) is 12.5. The first-order chi connectivity index (χ1) is 8.56. The van der Waals surface area contributed by atoms with Crippen LogP contribution in [-0.2, 0) is 6.42 Å². The highest BCUT2D eigenvalue weighted by Crippen LogP contribution is 2.15. The van der Waals surface area contributed by atoms with Gasteiger partial charge >= 0.3 is 0 Å². The SMILES string of the molecule is Cc1cccnc1-c1nc(CC(C)C)cc(=O)[nH]1. The first-order valence-electron chi connectivity index (χ1n) is 6.08. The normalized spacial score (nSPS) is 10.9. The predicted molar refractivity (Wildman–Crippen MR) is 71.4 cm³/mol. The molecule has 4 nitrogen and oxygen atoms in total. The molecule has 2 aromatic heterocycles. The molecule has 0 atom stereocenters. The van der Waals surface area contributed by atoms with E-state index in [1.165, 1.54) is 0 Å². The highest BCUT2D eigenvalue weighted by atomic mass is 16.1. The van der Waals surface area contributed by atoms with E-state index in [0.717, 1.165) is 23.4 Å². The minimum atomic E-state index is -0.124. The van der Waals surface area contributed by atoms with Crippen LogP contribution in [0.5, 0.6) is 0 Å². The molecule has 2 rings (SSSR count). The van der Waals surface area contributed by atoms with Crippen LogP contribution in [0.2, 0.25) is 0 Å². The molecule has 0 radical (unpaired) electrons. The molecule has 0 aliphatic rings. The van der Waals surface area contributed by atoms with Crippen molar-refractivity contribution in [2.24, 2.45) is 5.92 Å². The van der Waals surface area contributed by atoms with Crippen molar-refractivity contribution in [2.45, 2.75) is 27.2 Å². The van der Waals surface area contributed by atoms with Gasteiger partial charge in [-0.1, -0.05) is 19.9 Å². The summed E-state index contributed by atoms with van der Waals surface area (Å²) in [4.78, 5) is 23.2. The summed E-state index contributed by atoms with van der Waals surface area (Å²) in [6, 6.07) is 5.38. The largest absolute Gasteiger partial charge is 0.305 e. The van der Waals surface area contributed by atoms with Gasteiger partial charge in [0.05, 0.1) is 0 Å². The summed E-state index contributed by atoms with van der Waals surface area (Å²) in [5, 5.41) is 0. The third-order valence-corrected chi connectivity index (χ3v) is 2.65. The van der Waals surface area contributed by atoms with Crippen molar-refractivity contribution >= 4 is 0 Å². The number of hydrogen-bond donors (Lipinski definition) is 1. The van der Waals surface area contributed by atoms with Gasteiger partial charge in [0.15, 0.2) is 5.82 Å². The van der Waals surface area contributed by atoms with Gasteiger partial charge < -0.3 is 4.98 Å². The number of aromatic nitrogens is 3. The maximum atomic E-state index is 11.7. The van der Waals surface area contributed by atoms with E-state index >= 15 is 0 Å². The summed E-state index contributed by atoms with van der Waals surface area (Å²) in [6.45, 7) is 6.17. The second-order valence-electron chi connectivity index (χ2n) is 4.85. The Labute approximate surface area is 106 Å². The average molecular weight is 243 g/mol. The topological polar surface area (TPSA) is 58.6 Å². The Morgan fingerprint density at radius 1 is 1.39 bits per heavy atom. The molecule has 94 valence electrons. The molecule has 2 aromatic rings. The van der Waals surface area contributed by atoms with E-state index in [-0.39, 0.29) is 5.56 Å². The zero-order chi connectivity index (χ0) is 13.1. The minimum absolute atomic E-state index is 0.124. The molecule has 0 unspecified atom stereocenters. The van der Waals surface area contributed by atoms with Crippen LogP contribution in [-0.4, -0.2) is 15.0 Å². The van der Waals surface area contributed by atoms with Crippen molar-refractivity contribution in [1.82, 2.24) is 15.0 Å². The van der Waals surface area contributed by atoms with Crippen molar-refractivity contribution < 1.29 is 0 Å². The third kappa shape index (κ3) is 2.83. The fourth-order valence-corrected chi connectivity index (χ4v) is 1.88. The maximum Gasteiger partial charge on any atom is 0.251 e. The average Bonchev–Trinajstić information content (AvgIpc) is 2.27. The zero-order valence-corrected chi connectivity index (χ0v) is 10.9. The Hall–Kier alpha value is -1.97. The van der Waals surface area contributed by atoms with Crippen molar-refractivity contribution in [1.29, 1.82) is 0 Å². The number of nitrogens with zero attached hydrogens (tertiary/aromatic N) is 2. The molecule has 1 N–H and O–H groups in total. The van der Waals surface area contributed by atoms with E-state index < -0.39 is 0 Å². The summed E-state index contributed by atoms with van der Waals surface area (Å²) >= 11 is 0. The molecule has 0 aromatic carbocycles. The Bertz CT molecular complexity index is 602. The molecular formula is C14H17N3O. The van der Waals surface area contributed by atoms with Gasteiger partial charge in [-0.05, 0) is 30.9 Å². The third-order valence-electron chi connectivity index (χ3n) is 2.65. The molecule has 0 spiro atoms. The van der Waals surface area contributed by atoms with Crippen LogP contribution < -0.4 is 5.56 Å². The number of pyridine rings is 1. The molecule has 0 amide bonds. The molecule has 4 heteroatoms. The van der Waals surface area contributed by atoms with Gasteiger partial charge in [0.1, 0.15) is 5.69 Å². The number of nitrogens with one attached hydrogen (secondary N) is 1. The molecule has 0 fully saturated rings. The Balaban J connectivity index is 2.49. The van der Waals surface area contributed by atoms with Crippen molar-refractivity contribution in [3.05, 3.63) is 46.0 Å². The second kappa shape index (κ2) is 5.12. The van der Waals surface area contributed by atoms with Crippen LogP contribution in [0.25, 0.3) is 11.5 Å². The first-order valence-corrected chi connectivity index (χ1v) is 6.08. The highest BCUT2D eigenvalue weighted by Gasteiger charge is 2.08. The number of aromatic amines is 1. The summed E-state index contributed by atoms with van der Waals surface area (Å²) in [5.74, 6) is 1.02. The van der Waals surface area contributed by atoms with E-state index in [4.69, 9.17) is 0 Å². The number of rotatable bonds is 3. The quantitative estimate of drug-likeness (QED) is 0.900. The standard InChI is InChI=1S/C14H17N3O/c1-9(2)7-11-8-12(18)17-14(16-11)13-10(3)5-4-6-15-13/h4-6,8-9H,7H2,1-3H3,(H,16,17,18). The monoisotopic (exact) mass is 243 g/mol. The van der Waals surface area contributed by atoms with Crippen LogP contribution in [0.3, 0.4) is 0 Å². The fraction of sp³-hybridized carbons (Fsp3) is 0.357. The van der Waals surface area contributed by atoms with Crippen LogP contribution in [0.4, 0.5) is 0 Å². The Morgan fingerprint density at radius 3 is 2.83 bits per heavy atom. The van der Waals surface area contributed by atoms with Gasteiger partial charge in [0.25, 0.3) is 5.56 Å². The number of aryl methyl sites for hydroxylation is 1. The predicted octanol–water partition coefficient (Wildman–Crippen LogP) is 2.34. The lowest BCUT2D eigenvalue weighted by Gasteiger charge is -2.07.